The molecule has 0 aliphatic carbocycles. The van der Waals surface area contributed by atoms with E-state index in [4.69, 9.17) is 9.05 Å². The lowest BCUT2D eigenvalue weighted by Crippen LogP contribution is -2.27. The van der Waals surface area contributed by atoms with Crippen molar-refractivity contribution in [1.82, 2.24) is 15.0 Å². The van der Waals surface area contributed by atoms with Gasteiger partial charge >= 0.3 is 7.60 Å². The first-order valence-electron chi connectivity index (χ1n) is 9.71. The Morgan fingerprint density at radius 3 is 1.50 bits per heavy atom. The summed E-state index contributed by atoms with van der Waals surface area (Å²) in [5.41, 5.74) is 1.74. The van der Waals surface area contributed by atoms with Gasteiger partial charge in [0.05, 0.1) is 13.2 Å². The largest absolute Gasteiger partial charge is 0.398 e. The number of nitrogens with zero attached hydrogens (tertiary/aromatic N) is 5. The van der Waals surface area contributed by atoms with Crippen LogP contribution in [0.4, 0.5) is 23.3 Å². The summed E-state index contributed by atoms with van der Waals surface area (Å²) in [4.78, 5) is 17.1. The number of anilines is 4. The van der Waals surface area contributed by atoms with Crippen molar-refractivity contribution < 1.29 is 13.6 Å². The van der Waals surface area contributed by atoms with Crippen LogP contribution in [0.5, 0.6) is 0 Å². The van der Waals surface area contributed by atoms with Gasteiger partial charge in [-0.05, 0) is 38.1 Å². The van der Waals surface area contributed by atoms with Crippen molar-refractivity contribution in [2.75, 3.05) is 37.1 Å². The second kappa shape index (κ2) is 9.80. The molecule has 0 radical (unpaired) electrons. The third-order valence-corrected chi connectivity index (χ3v) is 6.22. The molecule has 3 aromatic rings. The Kier molecular flexibility index (Phi) is 7.15. The number of hydrogen-bond donors (Lipinski definition) is 0. The predicted molar refractivity (Wildman–Crippen MR) is 119 cm³/mol. The molecule has 1 aromatic heterocycles. The highest BCUT2D eigenvalue weighted by Gasteiger charge is 2.33. The normalized spacial score (nSPS) is 11.3. The Bertz CT molecular complexity index is 930. The van der Waals surface area contributed by atoms with Gasteiger partial charge in [-0.15, -0.1) is 0 Å². The van der Waals surface area contributed by atoms with Crippen LogP contribution in [0.25, 0.3) is 0 Å². The minimum absolute atomic E-state index is 0.0169. The van der Waals surface area contributed by atoms with Crippen molar-refractivity contribution in [2.24, 2.45) is 0 Å². The molecule has 8 nitrogen and oxygen atoms in total. The quantitative estimate of drug-likeness (QED) is 0.468. The molecule has 9 heteroatoms. The van der Waals surface area contributed by atoms with Crippen molar-refractivity contribution >= 4 is 36.4 Å². The van der Waals surface area contributed by atoms with Crippen LogP contribution in [0, 0.1) is 0 Å². The molecule has 0 amide bonds. The minimum atomic E-state index is -3.70. The zero-order valence-corrected chi connectivity index (χ0v) is 18.5. The molecule has 0 aliphatic rings. The Balaban J connectivity index is 2.13. The van der Waals surface area contributed by atoms with E-state index in [-0.39, 0.29) is 18.8 Å². The maximum atomic E-state index is 13.4. The summed E-state index contributed by atoms with van der Waals surface area (Å²) >= 11 is 0. The molecule has 0 spiro atoms. The van der Waals surface area contributed by atoms with Gasteiger partial charge in [-0.3, -0.25) is 4.57 Å². The van der Waals surface area contributed by atoms with E-state index in [1.165, 1.54) is 0 Å². The Labute approximate surface area is 177 Å². The number of hydrogen-bond acceptors (Lipinski definition) is 8. The molecule has 0 bridgehead atoms. The lowest BCUT2D eigenvalue weighted by atomic mass is 10.3. The van der Waals surface area contributed by atoms with Gasteiger partial charge in [0.2, 0.25) is 17.5 Å². The second-order valence-electron chi connectivity index (χ2n) is 6.36. The summed E-state index contributed by atoms with van der Waals surface area (Å²) in [6.45, 7) is 3.91. The van der Waals surface area contributed by atoms with Gasteiger partial charge in [-0.1, -0.05) is 36.4 Å². The average molecular weight is 427 g/mol. The van der Waals surface area contributed by atoms with Crippen LogP contribution in [0.2, 0.25) is 0 Å². The minimum Gasteiger partial charge on any atom is -0.313 e. The van der Waals surface area contributed by atoms with Crippen molar-refractivity contribution in [3.05, 3.63) is 60.7 Å². The van der Waals surface area contributed by atoms with Gasteiger partial charge in [-0.2, -0.15) is 15.0 Å². The van der Waals surface area contributed by atoms with Crippen molar-refractivity contribution in [3.63, 3.8) is 0 Å². The molecular weight excluding hydrogens is 401 g/mol. The van der Waals surface area contributed by atoms with Crippen LogP contribution in [0.3, 0.4) is 0 Å². The first kappa shape index (κ1) is 21.9. The fourth-order valence-electron chi connectivity index (χ4n) is 2.79. The summed E-state index contributed by atoms with van der Waals surface area (Å²) in [5.74, 6) is 0.673. The van der Waals surface area contributed by atoms with Crippen molar-refractivity contribution in [3.8, 4) is 0 Å². The standard InChI is InChI=1S/C21H26N5O3P/c1-5-28-30(27,29-6-2)21-23-19(25(3)17-13-9-7-10-14-17)22-20(24-21)26(4)18-15-11-8-12-16-18/h7-16H,5-6H2,1-4H3. The van der Waals surface area contributed by atoms with Crippen LogP contribution in [-0.4, -0.2) is 42.3 Å². The van der Waals surface area contributed by atoms with E-state index < -0.39 is 7.60 Å². The van der Waals surface area contributed by atoms with E-state index in [1.807, 2.05) is 74.8 Å². The molecule has 0 fully saturated rings. The molecule has 3 rings (SSSR count). The molecular formula is C21H26N5O3P. The molecule has 0 aliphatic heterocycles. The Hall–Kier alpha value is -2.80. The van der Waals surface area contributed by atoms with Crippen molar-refractivity contribution in [2.45, 2.75) is 13.8 Å². The van der Waals surface area contributed by atoms with Crippen LogP contribution in [-0.2, 0) is 13.6 Å². The zero-order chi connectivity index (χ0) is 21.6. The van der Waals surface area contributed by atoms with E-state index in [1.54, 1.807) is 23.6 Å². The molecule has 2 aromatic carbocycles. The first-order valence-corrected chi connectivity index (χ1v) is 11.3. The monoisotopic (exact) mass is 427 g/mol. The Morgan fingerprint density at radius 1 is 0.733 bits per heavy atom. The molecule has 0 N–H and O–H groups in total. The number of aromatic nitrogens is 3. The first-order chi connectivity index (χ1) is 14.5. The fraction of sp³-hybridized carbons (Fsp3) is 0.286. The molecule has 1 heterocycles. The van der Waals surface area contributed by atoms with E-state index in [0.717, 1.165) is 11.4 Å². The number of rotatable bonds is 9. The molecule has 30 heavy (non-hydrogen) atoms. The predicted octanol–water partition coefficient (Wildman–Crippen LogP) is 4.30. The summed E-state index contributed by atoms with van der Waals surface area (Å²) in [5, 5.41) is 0. The van der Waals surface area contributed by atoms with E-state index >= 15 is 0 Å². The van der Waals surface area contributed by atoms with Crippen molar-refractivity contribution in [1.29, 1.82) is 0 Å². The van der Waals surface area contributed by atoms with Gasteiger partial charge < -0.3 is 18.8 Å². The third-order valence-electron chi connectivity index (χ3n) is 4.33. The highest BCUT2D eigenvalue weighted by Crippen LogP contribution is 2.46. The summed E-state index contributed by atoms with van der Waals surface area (Å²) in [6, 6.07) is 19.3. The number of para-hydroxylation sites is 2. The maximum absolute atomic E-state index is 13.4. The highest BCUT2D eigenvalue weighted by molar-refractivity contribution is 7.61. The summed E-state index contributed by atoms with van der Waals surface area (Å²) in [7, 11) is -0.0230. The Morgan fingerprint density at radius 2 is 1.13 bits per heavy atom. The summed E-state index contributed by atoms with van der Waals surface area (Å²) < 4.78 is 24.4. The molecule has 0 saturated carbocycles. The summed E-state index contributed by atoms with van der Waals surface area (Å²) in [6.07, 6.45) is 0. The maximum Gasteiger partial charge on any atom is 0.398 e. The lowest BCUT2D eigenvalue weighted by Gasteiger charge is -2.23. The van der Waals surface area contributed by atoms with E-state index in [2.05, 4.69) is 15.0 Å². The molecule has 0 saturated heterocycles. The smallest absolute Gasteiger partial charge is 0.313 e. The van der Waals surface area contributed by atoms with Gasteiger partial charge in [0.15, 0.2) is 0 Å². The van der Waals surface area contributed by atoms with E-state index in [9.17, 15) is 4.57 Å². The average Bonchev–Trinajstić information content (AvgIpc) is 2.79. The van der Waals surface area contributed by atoms with Crippen LogP contribution in [0.1, 0.15) is 13.8 Å². The van der Waals surface area contributed by atoms with Gasteiger partial charge in [-0.25, -0.2) is 0 Å². The third kappa shape index (κ3) is 4.84. The van der Waals surface area contributed by atoms with Gasteiger partial charge in [0.25, 0.3) is 0 Å². The zero-order valence-electron chi connectivity index (χ0n) is 17.6. The topological polar surface area (TPSA) is 80.7 Å². The van der Waals surface area contributed by atoms with Gasteiger partial charge in [0.1, 0.15) is 0 Å². The molecule has 158 valence electrons. The SMILES string of the molecule is CCOP(=O)(OCC)c1nc(N(C)c2ccccc2)nc(N(C)c2ccccc2)n1. The highest BCUT2D eigenvalue weighted by atomic mass is 31.2. The van der Waals surface area contributed by atoms with Crippen LogP contribution in [0.15, 0.2) is 60.7 Å². The van der Waals surface area contributed by atoms with Gasteiger partial charge in [0, 0.05) is 25.5 Å². The number of benzene rings is 2. The fourth-order valence-corrected chi connectivity index (χ4v) is 4.20. The van der Waals surface area contributed by atoms with Crippen LogP contribution < -0.4 is 15.4 Å². The molecule has 0 unspecified atom stereocenters. The molecule has 0 atom stereocenters. The van der Waals surface area contributed by atoms with Crippen LogP contribution >= 0.6 is 7.60 Å². The van der Waals surface area contributed by atoms with E-state index in [0.29, 0.717) is 11.9 Å². The second-order valence-corrected chi connectivity index (χ2v) is 8.27. The lowest BCUT2D eigenvalue weighted by molar-refractivity contribution is 0.228.